The molecule has 0 saturated carbocycles. The number of hydrogen-bond acceptors (Lipinski definition) is 4. The van der Waals surface area contributed by atoms with Gasteiger partial charge in [0.1, 0.15) is 17.4 Å². The average Bonchev–Trinajstić information content (AvgIpc) is 2.82. The Balaban J connectivity index is 2.04. The molecule has 0 unspecified atom stereocenters. The van der Waals surface area contributed by atoms with Crippen molar-refractivity contribution in [3.8, 4) is 11.6 Å². The minimum atomic E-state index is -0.513. The first-order valence-corrected chi connectivity index (χ1v) is 5.73. The Morgan fingerprint density at radius 1 is 1.37 bits per heavy atom. The number of hydrogen-bond donors (Lipinski definition) is 1. The van der Waals surface area contributed by atoms with Gasteiger partial charge in [-0.2, -0.15) is 4.98 Å². The van der Waals surface area contributed by atoms with E-state index in [1.807, 2.05) is 0 Å². The molecule has 0 fully saturated rings. The number of halogens is 2. The van der Waals surface area contributed by atoms with Crippen LogP contribution in [-0.4, -0.2) is 14.4 Å². The van der Waals surface area contributed by atoms with E-state index < -0.39 is 5.82 Å². The summed E-state index contributed by atoms with van der Waals surface area (Å²) in [6, 6.07) is 4.03. The molecule has 0 aliphatic carbocycles. The summed E-state index contributed by atoms with van der Waals surface area (Å²) < 4.78 is 20.3. The lowest BCUT2D eigenvalue weighted by Crippen LogP contribution is -1.99. The summed E-state index contributed by atoms with van der Waals surface area (Å²) in [4.78, 5) is 8.17. The van der Waals surface area contributed by atoms with E-state index in [0.29, 0.717) is 11.4 Å². The molecule has 0 aliphatic heterocycles. The lowest BCUT2D eigenvalue weighted by Gasteiger charge is -2.07. The average molecular weight is 279 g/mol. The highest BCUT2D eigenvalue weighted by Crippen LogP contribution is 2.27. The first-order valence-electron chi connectivity index (χ1n) is 5.35. The van der Waals surface area contributed by atoms with Crippen molar-refractivity contribution in [2.75, 3.05) is 5.73 Å². The summed E-state index contributed by atoms with van der Waals surface area (Å²) in [5.74, 6) is 0.358. The number of imidazole rings is 1. The fraction of sp³-hybridized carbons (Fsp3) is 0. The normalized spacial score (nSPS) is 10.8. The number of aromatic nitrogens is 3. The van der Waals surface area contributed by atoms with Crippen molar-refractivity contribution in [2.24, 2.45) is 0 Å². The van der Waals surface area contributed by atoms with E-state index in [1.165, 1.54) is 18.2 Å². The summed E-state index contributed by atoms with van der Waals surface area (Å²) >= 11 is 5.69. The minimum absolute atomic E-state index is 0.0271. The summed E-state index contributed by atoms with van der Waals surface area (Å²) in [6.07, 6.45) is 4.94. The Labute approximate surface area is 112 Å². The van der Waals surface area contributed by atoms with Crippen molar-refractivity contribution in [1.82, 2.24) is 14.4 Å². The van der Waals surface area contributed by atoms with Crippen molar-refractivity contribution in [2.45, 2.75) is 0 Å². The van der Waals surface area contributed by atoms with Gasteiger partial charge < -0.3 is 10.5 Å². The molecule has 0 amide bonds. The number of nitrogen functional groups attached to an aromatic ring is 1. The number of ether oxygens (including phenoxy) is 1. The topological polar surface area (TPSA) is 65.4 Å². The summed E-state index contributed by atoms with van der Waals surface area (Å²) in [6.45, 7) is 0. The smallest absolute Gasteiger partial charge is 0.265 e. The highest BCUT2D eigenvalue weighted by Gasteiger charge is 2.10. The van der Waals surface area contributed by atoms with Crippen LogP contribution in [-0.2, 0) is 0 Å². The third kappa shape index (κ3) is 2.17. The Bertz CT molecular complexity index is 759. The molecule has 2 N–H and O–H groups in total. The fourth-order valence-electron chi connectivity index (χ4n) is 1.64. The standard InChI is InChI=1S/C12H8ClFN4O/c13-8-5-7(1-2-9(8)14)19-12-11-16-3-4-18(11)6-10(15)17-12/h1-6H,15H2. The van der Waals surface area contributed by atoms with Gasteiger partial charge in [-0.15, -0.1) is 0 Å². The van der Waals surface area contributed by atoms with Gasteiger partial charge in [-0.25, -0.2) is 9.37 Å². The quantitative estimate of drug-likeness (QED) is 0.783. The van der Waals surface area contributed by atoms with Crippen LogP contribution in [0.1, 0.15) is 0 Å². The maximum absolute atomic E-state index is 13.1. The van der Waals surface area contributed by atoms with E-state index in [4.69, 9.17) is 22.1 Å². The molecule has 3 rings (SSSR count). The molecule has 96 valence electrons. The monoisotopic (exact) mass is 278 g/mol. The van der Waals surface area contributed by atoms with Gasteiger partial charge in [0.15, 0.2) is 0 Å². The van der Waals surface area contributed by atoms with Gasteiger partial charge >= 0.3 is 0 Å². The van der Waals surface area contributed by atoms with Gasteiger partial charge in [0, 0.05) is 18.5 Å². The zero-order chi connectivity index (χ0) is 13.4. The highest BCUT2D eigenvalue weighted by molar-refractivity contribution is 6.30. The molecule has 19 heavy (non-hydrogen) atoms. The minimum Gasteiger partial charge on any atom is -0.436 e. The third-order valence-corrected chi connectivity index (χ3v) is 2.76. The summed E-state index contributed by atoms with van der Waals surface area (Å²) in [7, 11) is 0. The van der Waals surface area contributed by atoms with Crippen LogP contribution >= 0.6 is 11.6 Å². The van der Waals surface area contributed by atoms with Gasteiger partial charge in [0.05, 0.1) is 11.2 Å². The number of nitrogens with two attached hydrogens (primary N) is 1. The predicted molar refractivity (Wildman–Crippen MR) is 68.9 cm³/mol. The van der Waals surface area contributed by atoms with Crippen LogP contribution in [0.3, 0.4) is 0 Å². The Kier molecular flexibility index (Phi) is 2.72. The molecule has 7 heteroatoms. The Hall–Kier alpha value is -2.34. The lowest BCUT2D eigenvalue weighted by molar-refractivity contribution is 0.464. The van der Waals surface area contributed by atoms with Gasteiger partial charge in [0.2, 0.25) is 5.65 Å². The Morgan fingerprint density at radius 2 is 2.21 bits per heavy atom. The predicted octanol–water partition coefficient (Wildman–Crippen LogP) is 2.90. The van der Waals surface area contributed by atoms with Crippen LogP contribution in [0.15, 0.2) is 36.8 Å². The van der Waals surface area contributed by atoms with Crippen molar-refractivity contribution < 1.29 is 9.13 Å². The van der Waals surface area contributed by atoms with E-state index >= 15 is 0 Å². The largest absolute Gasteiger partial charge is 0.436 e. The number of nitrogens with zero attached hydrogens (tertiary/aromatic N) is 3. The Morgan fingerprint density at radius 3 is 3.00 bits per heavy atom. The van der Waals surface area contributed by atoms with Gasteiger partial charge in [-0.05, 0) is 12.1 Å². The second-order valence-electron chi connectivity index (χ2n) is 3.81. The van der Waals surface area contributed by atoms with E-state index in [9.17, 15) is 4.39 Å². The van der Waals surface area contributed by atoms with Crippen LogP contribution in [0, 0.1) is 5.82 Å². The third-order valence-electron chi connectivity index (χ3n) is 2.47. The second-order valence-corrected chi connectivity index (χ2v) is 4.21. The maximum atomic E-state index is 13.1. The van der Waals surface area contributed by atoms with Crippen LogP contribution in [0.5, 0.6) is 11.6 Å². The van der Waals surface area contributed by atoms with Crippen molar-refractivity contribution >= 4 is 23.1 Å². The van der Waals surface area contributed by atoms with E-state index in [1.54, 1.807) is 23.0 Å². The first kappa shape index (κ1) is 11.7. The summed E-state index contributed by atoms with van der Waals surface area (Å²) in [5.41, 5.74) is 6.17. The zero-order valence-electron chi connectivity index (χ0n) is 9.55. The lowest BCUT2D eigenvalue weighted by atomic mass is 10.3. The molecule has 0 bridgehead atoms. The van der Waals surface area contributed by atoms with E-state index in [2.05, 4.69) is 9.97 Å². The highest BCUT2D eigenvalue weighted by atomic mass is 35.5. The SMILES string of the molecule is Nc1cn2ccnc2c(Oc2ccc(F)c(Cl)c2)n1. The maximum Gasteiger partial charge on any atom is 0.265 e. The first-order chi connectivity index (χ1) is 9.13. The van der Waals surface area contributed by atoms with Gasteiger partial charge in [-0.1, -0.05) is 11.6 Å². The second kappa shape index (κ2) is 4.40. The molecular weight excluding hydrogens is 271 g/mol. The van der Waals surface area contributed by atoms with Crippen LogP contribution in [0.4, 0.5) is 10.2 Å². The molecule has 5 nitrogen and oxygen atoms in total. The van der Waals surface area contributed by atoms with Gasteiger partial charge in [-0.3, -0.25) is 4.40 Å². The van der Waals surface area contributed by atoms with Crippen LogP contribution in [0.2, 0.25) is 5.02 Å². The molecule has 0 aliphatic rings. The van der Waals surface area contributed by atoms with Crippen molar-refractivity contribution in [3.05, 3.63) is 47.6 Å². The number of anilines is 1. The molecule has 3 aromatic rings. The summed E-state index contributed by atoms with van der Waals surface area (Å²) in [5, 5.41) is -0.0271. The molecule has 2 heterocycles. The van der Waals surface area contributed by atoms with E-state index in [-0.39, 0.29) is 16.7 Å². The molecule has 0 saturated heterocycles. The number of benzene rings is 1. The van der Waals surface area contributed by atoms with Gasteiger partial charge in [0.25, 0.3) is 5.88 Å². The zero-order valence-corrected chi connectivity index (χ0v) is 10.3. The van der Waals surface area contributed by atoms with Crippen LogP contribution in [0.25, 0.3) is 5.65 Å². The molecule has 1 aromatic carbocycles. The molecule has 0 spiro atoms. The van der Waals surface area contributed by atoms with Crippen molar-refractivity contribution in [3.63, 3.8) is 0 Å². The van der Waals surface area contributed by atoms with E-state index in [0.717, 1.165) is 0 Å². The number of fused-ring (bicyclic) bond motifs is 1. The molecule has 0 radical (unpaired) electrons. The molecule has 2 aromatic heterocycles. The van der Waals surface area contributed by atoms with Crippen LogP contribution < -0.4 is 10.5 Å². The molecular formula is C12H8ClFN4O. The number of rotatable bonds is 2. The fourth-order valence-corrected chi connectivity index (χ4v) is 1.81. The van der Waals surface area contributed by atoms with Crippen molar-refractivity contribution in [1.29, 1.82) is 0 Å². The molecule has 0 atom stereocenters.